The number of nitrogen functional groups attached to an aromatic ring is 1. The molecule has 18 heavy (non-hydrogen) atoms. The van der Waals surface area contributed by atoms with Gasteiger partial charge in [-0.2, -0.15) is 0 Å². The van der Waals surface area contributed by atoms with Gasteiger partial charge in [-0.1, -0.05) is 29.8 Å². The van der Waals surface area contributed by atoms with Crippen LogP contribution in [0, 0.1) is 0 Å². The second-order valence-electron chi connectivity index (χ2n) is 4.56. The Kier molecular flexibility index (Phi) is 6.68. The summed E-state index contributed by atoms with van der Waals surface area (Å²) in [7, 11) is 0. The molecule has 0 unspecified atom stereocenters. The van der Waals surface area contributed by atoms with E-state index in [9.17, 15) is 5.11 Å². The van der Waals surface area contributed by atoms with Crippen LogP contribution in [0.5, 0.6) is 0 Å². The molecule has 0 aliphatic carbocycles. The molecule has 4 heteroatoms. The molecule has 3 N–H and O–H groups in total. The van der Waals surface area contributed by atoms with Gasteiger partial charge in [0, 0.05) is 29.3 Å². The van der Waals surface area contributed by atoms with E-state index in [-0.39, 0.29) is 6.61 Å². The summed E-state index contributed by atoms with van der Waals surface area (Å²) in [4.78, 5) is 2.32. The molecular formula is C14H23BrN2O. The molecule has 0 radical (unpaired) electrons. The van der Waals surface area contributed by atoms with E-state index in [1.807, 2.05) is 12.1 Å². The first-order valence-electron chi connectivity index (χ1n) is 6.50. The average molecular weight is 315 g/mol. The van der Waals surface area contributed by atoms with Crippen molar-refractivity contribution in [3.8, 4) is 0 Å². The zero-order chi connectivity index (χ0) is 13.5. The van der Waals surface area contributed by atoms with Crippen LogP contribution in [0.2, 0.25) is 0 Å². The van der Waals surface area contributed by atoms with Gasteiger partial charge >= 0.3 is 0 Å². The quantitative estimate of drug-likeness (QED) is 0.761. The van der Waals surface area contributed by atoms with Crippen molar-refractivity contribution in [1.82, 2.24) is 4.90 Å². The van der Waals surface area contributed by atoms with E-state index in [4.69, 9.17) is 5.73 Å². The van der Waals surface area contributed by atoms with Crippen molar-refractivity contribution in [3.05, 3.63) is 28.2 Å². The second kappa shape index (κ2) is 7.77. The van der Waals surface area contributed by atoms with Crippen molar-refractivity contribution in [2.24, 2.45) is 0 Å². The number of benzene rings is 1. The van der Waals surface area contributed by atoms with Crippen molar-refractivity contribution in [1.29, 1.82) is 0 Å². The van der Waals surface area contributed by atoms with Crippen LogP contribution in [0.1, 0.15) is 32.3 Å². The molecule has 0 aliphatic heterocycles. The molecule has 1 aromatic rings. The summed E-state index contributed by atoms with van der Waals surface area (Å²) in [6.07, 6.45) is 2.19. The Morgan fingerprint density at radius 3 is 2.44 bits per heavy atom. The Bertz CT molecular complexity index is 347. The third kappa shape index (κ3) is 4.59. The molecule has 0 spiro atoms. The fourth-order valence-electron chi connectivity index (χ4n) is 2.33. The molecule has 0 heterocycles. The minimum Gasteiger partial charge on any atom is -0.399 e. The molecule has 0 atom stereocenters. The maximum Gasteiger partial charge on any atom is 0.0558 e. The third-order valence-electron chi connectivity index (χ3n) is 3.21. The van der Waals surface area contributed by atoms with Gasteiger partial charge in [0.15, 0.2) is 0 Å². The van der Waals surface area contributed by atoms with Gasteiger partial charge in [0.05, 0.1) is 6.61 Å². The zero-order valence-electron chi connectivity index (χ0n) is 11.2. The smallest absolute Gasteiger partial charge is 0.0558 e. The fraction of sp³-hybridized carbons (Fsp3) is 0.571. The van der Waals surface area contributed by atoms with Crippen LogP contribution in [-0.2, 0) is 6.54 Å². The van der Waals surface area contributed by atoms with Crippen molar-refractivity contribution >= 4 is 21.6 Å². The first-order chi connectivity index (χ1) is 8.60. The SMILES string of the molecule is CCC(CC)N(CCO)Cc1cc(N)cc(Br)c1. The van der Waals surface area contributed by atoms with Crippen LogP contribution in [0.3, 0.4) is 0 Å². The van der Waals surface area contributed by atoms with Gasteiger partial charge in [0.2, 0.25) is 0 Å². The topological polar surface area (TPSA) is 49.5 Å². The molecule has 0 fully saturated rings. The largest absolute Gasteiger partial charge is 0.399 e. The number of hydrogen-bond donors (Lipinski definition) is 2. The van der Waals surface area contributed by atoms with Gasteiger partial charge in [-0.3, -0.25) is 4.90 Å². The Morgan fingerprint density at radius 2 is 1.94 bits per heavy atom. The summed E-state index contributed by atoms with van der Waals surface area (Å²) in [5.74, 6) is 0. The Morgan fingerprint density at radius 1 is 1.28 bits per heavy atom. The maximum absolute atomic E-state index is 9.19. The summed E-state index contributed by atoms with van der Waals surface area (Å²) in [5.41, 5.74) is 7.81. The van der Waals surface area contributed by atoms with Crippen LogP contribution in [0.25, 0.3) is 0 Å². The summed E-state index contributed by atoms with van der Waals surface area (Å²) in [6, 6.07) is 6.50. The first-order valence-corrected chi connectivity index (χ1v) is 7.29. The van der Waals surface area contributed by atoms with E-state index in [0.29, 0.717) is 12.6 Å². The summed E-state index contributed by atoms with van der Waals surface area (Å²) in [6.45, 7) is 6.11. The highest BCUT2D eigenvalue weighted by Gasteiger charge is 2.15. The van der Waals surface area contributed by atoms with Crippen LogP contribution in [0.15, 0.2) is 22.7 Å². The minimum atomic E-state index is 0.194. The normalized spacial score (nSPS) is 11.4. The number of rotatable bonds is 7. The van der Waals surface area contributed by atoms with Gasteiger partial charge in [0.1, 0.15) is 0 Å². The number of halogens is 1. The maximum atomic E-state index is 9.19. The van der Waals surface area contributed by atoms with E-state index in [2.05, 4.69) is 40.7 Å². The number of aliphatic hydroxyl groups is 1. The minimum absolute atomic E-state index is 0.194. The highest BCUT2D eigenvalue weighted by Crippen LogP contribution is 2.20. The fourth-order valence-corrected chi connectivity index (χ4v) is 2.88. The lowest BCUT2D eigenvalue weighted by atomic mass is 10.1. The molecule has 0 saturated heterocycles. The van der Waals surface area contributed by atoms with E-state index >= 15 is 0 Å². The molecular weight excluding hydrogens is 292 g/mol. The molecule has 0 amide bonds. The van der Waals surface area contributed by atoms with Gasteiger partial charge in [0.25, 0.3) is 0 Å². The highest BCUT2D eigenvalue weighted by molar-refractivity contribution is 9.10. The van der Waals surface area contributed by atoms with E-state index < -0.39 is 0 Å². The summed E-state index contributed by atoms with van der Waals surface area (Å²) >= 11 is 3.47. The molecule has 0 bridgehead atoms. The summed E-state index contributed by atoms with van der Waals surface area (Å²) < 4.78 is 1.01. The lowest BCUT2D eigenvalue weighted by Gasteiger charge is -2.30. The zero-order valence-corrected chi connectivity index (χ0v) is 12.8. The van der Waals surface area contributed by atoms with Crippen LogP contribution in [0.4, 0.5) is 5.69 Å². The van der Waals surface area contributed by atoms with E-state index in [1.54, 1.807) is 0 Å². The average Bonchev–Trinajstić information content (AvgIpc) is 2.29. The third-order valence-corrected chi connectivity index (χ3v) is 3.67. The standard InChI is InChI=1S/C14H23BrN2O/c1-3-14(4-2)17(5-6-18)10-11-7-12(15)9-13(16)8-11/h7-9,14,18H,3-6,10,16H2,1-2H3. The molecule has 102 valence electrons. The number of aliphatic hydroxyl groups excluding tert-OH is 1. The lowest BCUT2D eigenvalue weighted by molar-refractivity contribution is 0.136. The monoisotopic (exact) mass is 314 g/mol. The lowest BCUT2D eigenvalue weighted by Crippen LogP contribution is -2.36. The van der Waals surface area contributed by atoms with Crippen LogP contribution >= 0.6 is 15.9 Å². The van der Waals surface area contributed by atoms with Crippen molar-refractivity contribution in [2.45, 2.75) is 39.3 Å². The first kappa shape index (κ1) is 15.5. The Hall–Kier alpha value is -0.580. The molecule has 0 aromatic heterocycles. The molecule has 1 aromatic carbocycles. The summed E-state index contributed by atoms with van der Waals surface area (Å²) in [5, 5.41) is 9.19. The van der Waals surface area contributed by atoms with Gasteiger partial charge in [-0.15, -0.1) is 0 Å². The predicted molar refractivity (Wildman–Crippen MR) is 80.4 cm³/mol. The van der Waals surface area contributed by atoms with Crippen molar-refractivity contribution in [2.75, 3.05) is 18.9 Å². The number of anilines is 1. The predicted octanol–water partition coefficient (Wildman–Crippen LogP) is 3.01. The van der Waals surface area contributed by atoms with E-state index in [1.165, 1.54) is 5.56 Å². The van der Waals surface area contributed by atoms with Crippen molar-refractivity contribution in [3.63, 3.8) is 0 Å². The molecule has 0 aliphatic rings. The van der Waals surface area contributed by atoms with Gasteiger partial charge < -0.3 is 10.8 Å². The number of hydrogen-bond acceptors (Lipinski definition) is 3. The molecule has 0 saturated carbocycles. The number of nitrogens with zero attached hydrogens (tertiary/aromatic N) is 1. The van der Waals surface area contributed by atoms with Gasteiger partial charge in [-0.25, -0.2) is 0 Å². The molecule has 1 rings (SSSR count). The van der Waals surface area contributed by atoms with Gasteiger partial charge in [-0.05, 0) is 36.6 Å². The van der Waals surface area contributed by atoms with Crippen LogP contribution < -0.4 is 5.73 Å². The Labute approximate surface area is 118 Å². The number of nitrogens with two attached hydrogens (primary N) is 1. The van der Waals surface area contributed by atoms with E-state index in [0.717, 1.165) is 29.5 Å². The second-order valence-corrected chi connectivity index (χ2v) is 5.47. The molecule has 3 nitrogen and oxygen atoms in total. The van der Waals surface area contributed by atoms with Crippen molar-refractivity contribution < 1.29 is 5.11 Å². The van der Waals surface area contributed by atoms with Crippen LogP contribution in [-0.4, -0.2) is 29.2 Å². The Balaban J connectivity index is 2.81. The highest BCUT2D eigenvalue weighted by atomic mass is 79.9.